The Morgan fingerprint density at radius 1 is 1.46 bits per heavy atom. The lowest BCUT2D eigenvalue weighted by Gasteiger charge is -2.00. The third-order valence-electron chi connectivity index (χ3n) is 1.38. The van der Waals surface area contributed by atoms with Crippen LogP contribution in [0.2, 0.25) is 0 Å². The standard InChI is InChI=1S/C7H4ClNO3S/c8-13(11,12)7-3-1-2-6(10)5(7)4-9/h1-3,10H. The molecule has 0 spiro atoms. The minimum atomic E-state index is -3.98. The van der Waals surface area contributed by atoms with Crippen LogP contribution in [-0.2, 0) is 9.05 Å². The van der Waals surface area contributed by atoms with Crippen molar-refractivity contribution in [3.8, 4) is 11.8 Å². The number of halogens is 1. The molecule has 0 aliphatic carbocycles. The molecule has 0 aliphatic heterocycles. The van der Waals surface area contributed by atoms with Crippen LogP contribution in [-0.4, -0.2) is 13.5 Å². The van der Waals surface area contributed by atoms with Crippen LogP contribution in [0.1, 0.15) is 5.56 Å². The van der Waals surface area contributed by atoms with Crippen LogP contribution in [0.25, 0.3) is 0 Å². The molecule has 13 heavy (non-hydrogen) atoms. The van der Waals surface area contributed by atoms with Crippen LogP contribution < -0.4 is 0 Å². The van der Waals surface area contributed by atoms with Crippen molar-refractivity contribution in [1.29, 1.82) is 5.26 Å². The van der Waals surface area contributed by atoms with Gasteiger partial charge in [-0.15, -0.1) is 0 Å². The average molecular weight is 218 g/mol. The summed E-state index contributed by atoms with van der Waals surface area (Å²) in [6.07, 6.45) is 0. The van der Waals surface area contributed by atoms with Crippen LogP contribution in [0.3, 0.4) is 0 Å². The summed E-state index contributed by atoms with van der Waals surface area (Å²) in [6, 6.07) is 5.22. The number of nitrogens with zero attached hydrogens (tertiary/aromatic N) is 1. The molecular weight excluding hydrogens is 214 g/mol. The predicted octanol–water partition coefficient (Wildman–Crippen LogP) is 1.19. The molecule has 1 N–H and O–H groups in total. The Morgan fingerprint density at radius 3 is 2.46 bits per heavy atom. The first-order valence-corrected chi connectivity index (χ1v) is 5.44. The molecule has 0 atom stereocenters. The smallest absolute Gasteiger partial charge is 0.262 e. The van der Waals surface area contributed by atoms with Crippen LogP contribution in [0, 0.1) is 11.3 Å². The van der Waals surface area contributed by atoms with E-state index in [9.17, 15) is 8.42 Å². The van der Waals surface area contributed by atoms with Crippen LogP contribution >= 0.6 is 10.7 Å². The van der Waals surface area contributed by atoms with E-state index in [1.165, 1.54) is 12.1 Å². The van der Waals surface area contributed by atoms with Crippen molar-refractivity contribution in [1.82, 2.24) is 0 Å². The summed E-state index contributed by atoms with van der Waals surface area (Å²) in [5, 5.41) is 17.6. The van der Waals surface area contributed by atoms with E-state index in [1.807, 2.05) is 0 Å². The number of hydrogen-bond donors (Lipinski definition) is 1. The minimum absolute atomic E-state index is 0.336. The van der Waals surface area contributed by atoms with Crippen molar-refractivity contribution in [3.05, 3.63) is 23.8 Å². The van der Waals surface area contributed by atoms with Gasteiger partial charge in [-0.25, -0.2) is 8.42 Å². The molecule has 6 heteroatoms. The molecule has 1 rings (SSSR count). The van der Waals surface area contributed by atoms with Crippen molar-refractivity contribution < 1.29 is 13.5 Å². The number of hydrogen-bond acceptors (Lipinski definition) is 4. The van der Waals surface area contributed by atoms with Crippen LogP contribution in [0.15, 0.2) is 23.1 Å². The van der Waals surface area contributed by atoms with E-state index < -0.39 is 14.8 Å². The van der Waals surface area contributed by atoms with Gasteiger partial charge in [-0.3, -0.25) is 0 Å². The van der Waals surface area contributed by atoms with Crippen molar-refractivity contribution in [3.63, 3.8) is 0 Å². The molecule has 0 heterocycles. The molecule has 4 nitrogen and oxygen atoms in total. The van der Waals surface area contributed by atoms with Gasteiger partial charge in [-0.05, 0) is 12.1 Å². The third-order valence-corrected chi connectivity index (χ3v) is 2.74. The molecule has 1 aromatic carbocycles. The molecule has 0 radical (unpaired) electrons. The normalized spacial score (nSPS) is 10.8. The van der Waals surface area contributed by atoms with Crippen molar-refractivity contribution in [2.75, 3.05) is 0 Å². The highest BCUT2D eigenvalue weighted by molar-refractivity contribution is 8.13. The van der Waals surface area contributed by atoms with Gasteiger partial charge in [-0.1, -0.05) is 6.07 Å². The lowest BCUT2D eigenvalue weighted by molar-refractivity contribution is 0.471. The second-order valence-electron chi connectivity index (χ2n) is 2.20. The second-order valence-corrected chi connectivity index (χ2v) is 4.73. The van der Waals surface area contributed by atoms with E-state index in [1.54, 1.807) is 6.07 Å². The topological polar surface area (TPSA) is 78.2 Å². The summed E-state index contributed by atoms with van der Waals surface area (Å²) in [5.41, 5.74) is -0.336. The molecule has 1 aromatic rings. The maximum absolute atomic E-state index is 10.9. The maximum Gasteiger partial charge on any atom is 0.262 e. The molecule has 0 aliphatic rings. The van der Waals surface area contributed by atoms with E-state index in [-0.39, 0.29) is 10.5 Å². The Hall–Kier alpha value is -1.25. The molecule has 0 fully saturated rings. The number of aromatic hydroxyl groups is 1. The van der Waals surface area contributed by atoms with Gasteiger partial charge in [0.2, 0.25) is 0 Å². The molecule has 0 saturated heterocycles. The number of benzene rings is 1. The fourth-order valence-electron chi connectivity index (χ4n) is 0.835. The molecule has 0 aromatic heterocycles. The monoisotopic (exact) mass is 217 g/mol. The zero-order valence-corrected chi connectivity index (χ0v) is 7.80. The highest BCUT2D eigenvalue weighted by Crippen LogP contribution is 2.26. The largest absolute Gasteiger partial charge is 0.507 e. The summed E-state index contributed by atoms with van der Waals surface area (Å²) >= 11 is 0. The number of phenolic OH excluding ortho intramolecular Hbond substituents is 1. The van der Waals surface area contributed by atoms with Gasteiger partial charge in [0.15, 0.2) is 0 Å². The Bertz CT molecular complexity index is 475. The van der Waals surface area contributed by atoms with E-state index in [4.69, 9.17) is 21.1 Å². The van der Waals surface area contributed by atoms with E-state index in [0.717, 1.165) is 6.07 Å². The third kappa shape index (κ3) is 1.91. The summed E-state index contributed by atoms with van der Waals surface area (Å²) in [7, 11) is 1.05. The predicted molar refractivity (Wildman–Crippen MR) is 45.9 cm³/mol. The summed E-state index contributed by atoms with van der Waals surface area (Å²) in [5.74, 6) is -0.399. The van der Waals surface area contributed by atoms with Crippen molar-refractivity contribution in [2.45, 2.75) is 4.90 Å². The highest BCUT2D eigenvalue weighted by Gasteiger charge is 2.17. The van der Waals surface area contributed by atoms with E-state index in [2.05, 4.69) is 0 Å². The van der Waals surface area contributed by atoms with Gasteiger partial charge in [0, 0.05) is 10.7 Å². The quantitative estimate of drug-likeness (QED) is 0.717. The summed E-state index contributed by atoms with van der Waals surface area (Å²) in [4.78, 5) is -0.378. The second kappa shape index (κ2) is 3.24. The Labute approximate surface area is 79.4 Å². The molecule has 68 valence electrons. The Kier molecular flexibility index (Phi) is 2.45. The first-order chi connectivity index (χ1) is 5.96. The van der Waals surface area contributed by atoms with Crippen LogP contribution in [0.4, 0.5) is 0 Å². The zero-order chi connectivity index (χ0) is 10.1. The highest BCUT2D eigenvalue weighted by atomic mass is 35.7. The van der Waals surface area contributed by atoms with Gasteiger partial charge in [0.25, 0.3) is 9.05 Å². The van der Waals surface area contributed by atoms with Crippen LogP contribution in [0.5, 0.6) is 5.75 Å². The summed E-state index contributed by atoms with van der Waals surface area (Å²) < 4.78 is 21.7. The number of rotatable bonds is 1. The SMILES string of the molecule is N#Cc1c(O)cccc1S(=O)(=O)Cl. The van der Waals surface area contributed by atoms with E-state index in [0.29, 0.717) is 0 Å². The average Bonchev–Trinajstić information content (AvgIpc) is 2.02. The van der Waals surface area contributed by atoms with Gasteiger partial charge in [0.1, 0.15) is 22.3 Å². The number of phenols is 1. The molecular formula is C7H4ClNO3S. The fraction of sp³-hybridized carbons (Fsp3) is 0. The Morgan fingerprint density at radius 2 is 2.08 bits per heavy atom. The van der Waals surface area contributed by atoms with Gasteiger partial charge < -0.3 is 5.11 Å². The minimum Gasteiger partial charge on any atom is -0.507 e. The van der Waals surface area contributed by atoms with Gasteiger partial charge >= 0.3 is 0 Å². The first kappa shape index (κ1) is 9.84. The lowest BCUT2D eigenvalue weighted by atomic mass is 10.2. The zero-order valence-electron chi connectivity index (χ0n) is 6.23. The lowest BCUT2D eigenvalue weighted by Crippen LogP contribution is -1.94. The first-order valence-electron chi connectivity index (χ1n) is 3.13. The van der Waals surface area contributed by atoms with Gasteiger partial charge in [-0.2, -0.15) is 5.26 Å². The summed E-state index contributed by atoms with van der Waals surface area (Å²) in [6.45, 7) is 0. The van der Waals surface area contributed by atoms with Crippen molar-refractivity contribution >= 4 is 19.7 Å². The number of nitriles is 1. The van der Waals surface area contributed by atoms with Crippen molar-refractivity contribution in [2.24, 2.45) is 0 Å². The molecule has 0 amide bonds. The fourth-order valence-corrected chi connectivity index (χ4v) is 1.86. The molecule has 0 saturated carbocycles. The maximum atomic E-state index is 10.9. The molecule has 0 unspecified atom stereocenters. The van der Waals surface area contributed by atoms with Gasteiger partial charge in [0.05, 0.1) is 0 Å². The van der Waals surface area contributed by atoms with E-state index >= 15 is 0 Å². The molecule has 0 bridgehead atoms. The Balaban J connectivity index is 3.59.